The Morgan fingerprint density at radius 2 is 1.78 bits per heavy atom. The molecule has 0 bridgehead atoms. The molecule has 1 rings (SSSR count). The van der Waals surface area contributed by atoms with Gasteiger partial charge in [0.2, 0.25) is 0 Å². The number of hydrogen-bond acceptors (Lipinski definition) is 5. The lowest BCUT2D eigenvalue weighted by atomic mass is 10.1. The molecule has 0 aliphatic carbocycles. The normalized spacial score (nSPS) is 13.6. The molecule has 0 saturated heterocycles. The first-order valence-electron chi connectivity index (χ1n) is 11.3. The maximum atomic E-state index is 13.7. The number of carbonyl (C=O) groups is 2. The van der Waals surface area contributed by atoms with Gasteiger partial charge in [0.25, 0.3) is 11.8 Å². The van der Waals surface area contributed by atoms with Crippen LogP contribution in [0.3, 0.4) is 0 Å². The van der Waals surface area contributed by atoms with Crippen LogP contribution in [0.1, 0.15) is 50.5 Å². The van der Waals surface area contributed by atoms with Crippen molar-refractivity contribution in [3.05, 3.63) is 52.6 Å². The van der Waals surface area contributed by atoms with Gasteiger partial charge in [-0.15, -0.1) is 18.2 Å². The van der Waals surface area contributed by atoms with Gasteiger partial charge in [0, 0.05) is 23.7 Å². The summed E-state index contributed by atoms with van der Waals surface area (Å²) in [7, 11) is 1.24. The van der Waals surface area contributed by atoms with E-state index in [4.69, 9.17) is 23.2 Å². The third-order valence-electron chi connectivity index (χ3n) is 4.55. The van der Waals surface area contributed by atoms with Gasteiger partial charge in [0.1, 0.15) is 0 Å². The van der Waals surface area contributed by atoms with Crippen molar-refractivity contribution in [1.29, 1.82) is 0 Å². The quantitative estimate of drug-likeness (QED) is 0.114. The van der Waals surface area contributed by atoms with Crippen molar-refractivity contribution in [3.63, 3.8) is 0 Å². The molecule has 206 valence electrons. The van der Waals surface area contributed by atoms with Gasteiger partial charge in [0.15, 0.2) is 11.9 Å². The Labute approximate surface area is 226 Å². The first kappa shape index (κ1) is 34.1. The van der Waals surface area contributed by atoms with E-state index in [-0.39, 0.29) is 27.9 Å². The fraction of sp³-hybridized carbons (Fsp3) is 0.440. The predicted octanol–water partition coefficient (Wildman–Crippen LogP) is 6.37. The summed E-state index contributed by atoms with van der Waals surface area (Å²) in [5, 5.41) is 9.04. The summed E-state index contributed by atoms with van der Waals surface area (Å²) in [5.41, 5.74) is -1.02. The lowest BCUT2D eigenvalue weighted by Crippen LogP contribution is -2.35. The number of anilines is 1. The molecule has 2 unspecified atom stereocenters. The molecule has 0 fully saturated rings. The number of aryl methyl sites for hydroxylation is 1. The number of nitrogens with one attached hydrogen (secondary N) is 2. The maximum absolute atomic E-state index is 13.7. The third kappa shape index (κ3) is 10.6. The van der Waals surface area contributed by atoms with Gasteiger partial charge >= 0.3 is 6.18 Å². The summed E-state index contributed by atoms with van der Waals surface area (Å²) in [5.74, 6) is -1.36. The van der Waals surface area contributed by atoms with Crippen LogP contribution in [0.4, 0.5) is 18.9 Å². The van der Waals surface area contributed by atoms with Crippen molar-refractivity contribution in [3.8, 4) is 0 Å². The van der Waals surface area contributed by atoms with Gasteiger partial charge in [-0.1, -0.05) is 31.5 Å². The van der Waals surface area contributed by atoms with Crippen LogP contribution in [0.5, 0.6) is 0 Å². The van der Waals surface area contributed by atoms with Crippen molar-refractivity contribution in [2.45, 2.75) is 65.3 Å². The number of rotatable bonds is 10. The smallest absolute Gasteiger partial charge is 0.350 e. The van der Waals surface area contributed by atoms with Crippen LogP contribution in [0.2, 0.25) is 5.02 Å². The van der Waals surface area contributed by atoms with E-state index in [2.05, 4.69) is 34.0 Å². The molecule has 1 aromatic carbocycles. The molecular weight excluding hydrogens is 530 g/mol. The number of carbonyl (C=O) groups excluding carboxylic acids is 2. The predicted molar refractivity (Wildman–Crippen MR) is 147 cm³/mol. The van der Waals surface area contributed by atoms with E-state index in [9.17, 15) is 22.8 Å². The Morgan fingerprint density at radius 3 is 2.24 bits per heavy atom. The van der Waals surface area contributed by atoms with Crippen LogP contribution < -0.4 is 10.6 Å². The summed E-state index contributed by atoms with van der Waals surface area (Å²) < 4.78 is 41.0. The monoisotopic (exact) mass is 563 g/mol. The number of hydrazone groups is 1. The molecule has 0 aromatic heterocycles. The molecule has 12 heteroatoms. The Hall–Kier alpha value is -2.85. The number of benzene rings is 1. The highest BCUT2D eigenvalue weighted by molar-refractivity contribution is 6.31. The molecule has 0 saturated carbocycles. The summed E-state index contributed by atoms with van der Waals surface area (Å²) in [6.07, 6.45) is -4.04. The highest BCUT2D eigenvalue weighted by Crippen LogP contribution is 2.27. The minimum absolute atomic E-state index is 0.0757. The second-order valence-electron chi connectivity index (χ2n) is 7.89. The zero-order valence-electron chi connectivity index (χ0n) is 22.0. The Kier molecular flexibility index (Phi) is 14.2. The average molecular weight is 564 g/mol. The molecule has 0 aliphatic heterocycles. The van der Waals surface area contributed by atoms with Crippen LogP contribution in [-0.2, 0) is 4.79 Å². The van der Waals surface area contributed by atoms with Gasteiger partial charge in [0.05, 0.1) is 16.6 Å². The number of nitrogens with zero attached hydrogens (tertiary/aromatic N) is 3. The van der Waals surface area contributed by atoms with Gasteiger partial charge < -0.3 is 10.6 Å². The summed E-state index contributed by atoms with van der Waals surface area (Å²) in [6, 6.07) is 2.69. The number of allylic oxidation sites excluding steroid dienone is 1. The average Bonchev–Trinajstić information content (AvgIpc) is 2.80. The Bertz CT molecular complexity index is 1040. The molecule has 0 aliphatic rings. The van der Waals surface area contributed by atoms with Gasteiger partial charge in [-0.25, -0.2) is 0 Å². The highest BCUT2D eigenvalue weighted by atomic mass is 35.5. The minimum atomic E-state index is -4.89. The second-order valence-corrected chi connectivity index (χ2v) is 8.83. The largest absolute Gasteiger partial charge is 0.435 e. The molecule has 2 atom stereocenters. The molecule has 7 nitrogen and oxygen atoms in total. The van der Waals surface area contributed by atoms with Crippen LogP contribution >= 0.6 is 23.2 Å². The van der Waals surface area contributed by atoms with Gasteiger partial charge in [-0.05, 0) is 58.2 Å². The van der Waals surface area contributed by atoms with Gasteiger partial charge in [-0.2, -0.15) is 18.3 Å². The molecule has 1 aromatic rings. The van der Waals surface area contributed by atoms with E-state index in [1.54, 1.807) is 20.8 Å². The lowest BCUT2D eigenvalue weighted by Gasteiger charge is -2.25. The Morgan fingerprint density at radius 1 is 1.22 bits per heavy atom. The van der Waals surface area contributed by atoms with Crippen molar-refractivity contribution in [2.75, 3.05) is 12.4 Å². The van der Waals surface area contributed by atoms with Crippen LogP contribution in [-0.4, -0.2) is 60.1 Å². The topological polar surface area (TPSA) is 86.2 Å². The number of hydrogen-bond donors (Lipinski definition) is 2. The molecule has 0 radical (unpaired) electrons. The van der Waals surface area contributed by atoms with E-state index in [1.165, 1.54) is 32.2 Å². The molecular formula is C25H34Cl2F3N5O2. The SMILES string of the molecule is C=CC(Cl)C(N=C)N(C)/N=C(\C=C(/C)C(=O)Nc1c(C)cc(Cl)cc1C(=O)NC(C)C)C(F)(F)F.CC. The molecule has 0 spiro atoms. The lowest BCUT2D eigenvalue weighted by molar-refractivity contribution is -0.112. The maximum Gasteiger partial charge on any atom is 0.435 e. The minimum Gasteiger partial charge on any atom is -0.350 e. The Balaban J connectivity index is 0.00000631. The van der Waals surface area contributed by atoms with Crippen LogP contribution in [0.15, 0.2) is 46.5 Å². The van der Waals surface area contributed by atoms with E-state index in [0.29, 0.717) is 11.6 Å². The van der Waals surface area contributed by atoms with Crippen molar-refractivity contribution in [2.24, 2.45) is 10.1 Å². The van der Waals surface area contributed by atoms with Crippen molar-refractivity contribution in [1.82, 2.24) is 10.3 Å². The van der Waals surface area contributed by atoms with Crippen molar-refractivity contribution >= 4 is 53.1 Å². The fourth-order valence-electron chi connectivity index (χ4n) is 2.85. The van der Waals surface area contributed by atoms with Crippen LogP contribution in [0.25, 0.3) is 0 Å². The first-order chi connectivity index (χ1) is 17.1. The number of halogens is 5. The fourth-order valence-corrected chi connectivity index (χ4v) is 3.37. The zero-order chi connectivity index (χ0) is 29.1. The first-order valence-corrected chi connectivity index (χ1v) is 12.2. The second kappa shape index (κ2) is 15.4. The van der Waals surface area contributed by atoms with E-state index >= 15 is 0 Å². The molecule has 0 heterocycles. The number of amides is 2. The van der Waals surface area contributed by atoms with E-state index < -0.39 is 35.2 Å². The van der Waals surface area contributed by atoms with Crippen molar-refractivity contribution < 1.29 is 22.8 Å². The van der Waals surface area contributed by atoms with Gasteiger partial charge in [-0.3, -0.25) is 19.6 Å². The molecule has 2 N–H and O–H groups in total. The summed E-state index contributed by atoms with van der Waals surface area (Å²) in [4.78, 5) is 29.1. The molecule has 37 heavy (non-hydrogen) atoms. The standard InChI is InChI=1S/C23H28Cl2F3N5O2.C2H6/c1-8-17(25)20(29-6)33(7)32-18(23(26,27)28)10-14(5)21(34)31-19-13(4)9-15(24)11-16(19)22(35)30-12(2)3;1-2/h8-12,17,20H,1,6H2,2-5,7H3,(H,30,35)(H,31,34);1-2H3/b14-10+,32-18+;. The zero-order valence-corrected chi connectivity index (χ0v) is 23.5. The summed E-state index contributed by atoms with van der Waals surface area (Å²) in [6.45, 7) is 17.1. The van der Waals surface area contributed by atoms with E-state index in [1.807, 2.05) is 13.8 Å². The summed E-state index contributed by atoms with van der Waals surface area (Å²) >= 11 is 12.1. The third-order valence-corrected chi connectivity index (χ3v) is 5.17. The number of alkyl halides is 4. The molecule has 2 amide bonds. The van der Waals surface area contributed by atoms with E-state index in [0.717, 1.165) is 5.01 Å². The van der Waals surface area contributed by atoms with Crippen LogP contribution in [0, 0.1) is 6.92 Å². The number of aliphatic imine (C=N–C) groups is 1. The highest BCUT2D eigenvalue weighted by Gasteiger charge is 2.36.